The molecule has 1 heterocycles. The summed E-state index contributed by atoms with van der Waals surface area (Å²) in [7, 11) is 1.70. The lowest BCUT2D eigenvalue weighted by atomic mass is 10.1. The molecular weight excluding hydrogens is 286 g/mol. The van der Waals surface area contributed by atoms with Gasteiger partial charge in [-0.25, -0.2) is 4.68 Å². The summed E-state index contributed by atoms with van der Waals surface area (Å²) < 4.78 is 6.95. The number of benzene rings is 1. The van der Waals surface area contributed by atoms with Crippen molar-refractivity contribution in [3.8, 4) is 5.69 Å². The number of para-hydroxylation sites is 1. The fourth-order valence-corrected chi connectivity index (χ4v) is 2.70. The average Bonchev–Trinajstić information content (AvgIpc) is 3.23. The highest BCUT2D eigenvalue weighted by Crippen LogP contribution is 2.39. The van der Waals surface area contributed by atoms with E-state index in [1.807, 2.05) is 23.0 Å². The molecule has 1 saturated carbocycles. The van der Waals surface area contributed by atoms with E-state index >= 15 is 0 Å². The maximum Gasteiger partial charge on any atom is 0.0876 e. The van der Waals surface area contributed by atoms with Crippen LogP contribution in [0.1, 0.15) is 30.0 Å². The fourth-order valence-electron chi connectivity index (χ4n) is 2.42. The molecule has 0 aliphatic heterocycles. The van der Waals surface area contributed by atoms with Crippen molar-refractivity contribution >= 4 is 11.6 Å². The van der Waals surface area contributed by atoms with Gasteiger partial charge in [0.25, 0.3) is 0 Å². The van der Waals surface area contributed by atoms with Gasteiger partial charge in [-0.1, -0.05) is 23.7 Å². The summed E-state index contributed by atoms with van der Waals surface area (Å²) in [5.74, 6) is 0.650. The van der Waals surface area contributed by atoms with Gasteiger partial charge in [-0.3, -0.25) is 0 Å². The third-order valence-corrected chi connectivity index (χ3v) is 4.01. The highest BCUT2D eigenvalue weighted by Gasteiger charge is 2.26. The van der Waals surface area contributed by atoms with Gasteiger partial charge in [-0.2, -0.15) is 5.10 Å². The van der Waals surface area contributed by atoms with Crippen molar-refractivity contribution in [3.05, 3.63) is 46.7 Å². The predicted octanol–water partition coefficient (Wildman–Crippen LogP) is 3.14. The molecule has 4 nitrogen and oxygen atoms in total. The number of hydrogen-bond acceptors (Lipinski definition) is 3. The first-order valence-corrected chi connectivity index (χ1v) is 7.70. The summed E-state index contributed by atoms with van der Waals surface area (Å²) >= 11 is 6.40. The molecule has 1 N–H and O–H groups in total. The largest absolute Gasteiger partial charge is 0.383 e. The molecule has 0 atom stereocenters. The summed E-state index contributed by atoms with van der Waals surface area (Å²) in [6.45, 7) is 2.26. The lowest BCUT2D eigenvalue weighted by Gasteiger charge is -2.12. The molecule has 0 radical (unpaired) electrons. The minimum absolute atomic E-state index is 0.650. The molecule has 1 aliphatic rings. The molecule has 3 rings (SSSR count). The number of aromatic nitrogens is 2. The van der Waals surface area contributed by atoms with Crippen LogP contribution in [-0.4, -0.2) is 30.0 Å². The Morgan fingerprint density at radius 2 is 2.24 bits per heavy atom. The molecule has 0 unspecified atom stereocenters. The van der Waals surface area contributed by atoms with Crippen molar-refractivity contribution in [3.63, 3.8) is 0 Å². The van der Waals surface area contributed by atoms with E-state index in [4.69, 9.17) is 16.3 Å². The Bertz CT molecular complexity index is 607. The Balaban J connectivity index is 1.81. The van der Waals surface area contributed by atoms with Crippen LogP contribution < -0.4 is 5.32 Å². The molecule has 5 heteroatoms. The SMILES string of the molecule is COCCNCc1cccc(Cl)c1-n1ccc(C2CC2)n1. The second-order valence-corrected chi connectivity index (χ2v) is 5.78. The lowest BCUT2D eigenvalue weighted by molar-refractivity contribution is 0.199. The van der Waals surface area contributed by atoms with E-state index in [2.05, 4.69) is 22.5 Å². The molecule has 0 bridgehead atoms. The predicted molar refractivity (Wildman–Crippen MR) is 84.1 cm³/mol. The third-order valence-electron chi connectivity index (χ3n) is 3.70. The zero-order valence-electron chi connectivity index (χ0n) is 12.2. The van der Waals surface area contributed by atoms with E-state index in [-0.39, 0.29) is 0 Å². The molecule has 2 aromatic rings. The summed E-state index contributed by atoms with van der Waals surface area (Å²) in [6, 6.07) is 8.07. The van der Waals surface area contributed by atoms with Gasteiger partial charge in [0, 0.05) is 32.3 Å². The third kappa shape index (κ3) is 3.46. The molecule has 0 amide bonds. The Kier molecular flexibility index (Phi) is 4.58. The molecule has 0 saturated heterocycles. The van der Waals surface area contributed by atoms with Crippen molar-refractivity contribution in [2.75, 3.05) is 20.3 Å². The highest BCUT2D eigenvalue weighted by atomic mass is 35.5. The minimum Gasteiger partial charge on any atom is -0.383 e. The van der Waals surface area contributed by atoms with Crippen LogP contribution >= 0.6 is 11.6 Å². The van der Waals surface area contributed by atoms with Crippen LogP contribution in [0.3, 0.4) is 0 Å². The number of nitrogens with one attached hydrogen (secondary N) is 1. The number of rotatable bonds is 7. The second kappa shape index (κ2) is 6.60. The molecule has 1 fully saturated rings. The Morgan fingerprint density at radius 1 is 1.38 bits per heavy atom. The maximum atomic E-state index is 6.40. The van der Waals surface area contributed by atoms with Crippen LogP contribution in [0.4, 0.5) is 0 Å². The smallest absolute Gasteiger partial charge is 0.0876 e. The van der Waals surface area contributed by atoms with Gasteiger partial charge in [0.1, 0.15) is 0 Å². The van der Waals surface area contributed by atoms with Gasteiger partial charge in [0.05, 0.1) is 23.0 Å². The fraction of sp³-hybridized carbons (Fsp3) is 0.438. The lowest BCUT2D eigenvalue weighted by Crippen LogP contribution is -2.19. The zero-order valence-corrected chi connectivity index (χ0v) is 12.9. The molecule has 112 valence electrons. The number of ether oxygens (including phenoxy) is 1. The average molecular weight is 306 g/mol. The summed E-state index contributed by atoms with van der Waals surface area (Å²) in [6.07, 6.45) is 4.52. The van der Waals surface area contributed by atoms with Gasteiger partial charge in [-0.05, 0) is 30.5 Å². The van der Waals surface area contributed by atoms with Crippen LogP contribution in [0.15, 0.2) is 30.5 Å². The topological polar surface area (TPSA) is 39.1 Å². The summed E-state index contributed by atoms with van der Waals surface area (Å²) in [4.78, 5) is 0. The van der Waals surface area contributed by atoms with Crippen LogP contribution in [0.2, 0.25) is 5.02 Å². The van der Waals surface area contributed by atoms with E-state index < -0.39 is 0 Å². The van der Waals surface area contributed by atoms with E-state index in [1.54, 1.807) is 7.11 Å². The maximum absolute atomic E-state index is 6.40. The van der Waals surface area contributed by atoms with Crippen LogP contribution in [-0.2, 0) is 11.3 Å². The Labute approximate surface area is 130 Å². The summed E-state index contributed by atoms with van der Waals surface area (Å²) in [5, 5.41) is 8.77. The van der Waals surface area contributed by atoms with Crippen LogP contribution in [0.5, 0.6) is 0 Å². The standard InChI is InChI=1S/C16H20ClN3O/c1-21-10-8-18-11-13-3-2-4-14(17)16(13)20-9-7-15(19-20)12-5-6-12/h2-4,7,9,12,18H,5-6,8,10-11H2,1H3. The molecular formula is C16H20ClN3O. The first kappa shape index (κ1) is 14.6. The van der Waals surface area contributed by atoms with E-state index in [9.17, 15) is 0 Å². The normalized spacial score (nSPS) is 14.6. The van der Waals surface area contributed by atoms with Crippen LogP contribution in [0, 0.1) is 0 Å². The van der Waals surface area contributed by atoms with Crippen molar-refractivity contribution in [2.24, 2.45) is 0 Å². The van der Waals surface area contributed by atoms with Gasteiger partial charge < -0.3 is 10.1 Å². The van der Waals surface area contributed by atoms with Crippen LogP contribution in [0.25, 0.3) is 5.69 Å². The van der Waals surface area contributed by atoms with E-state index in [0.717, 1.165) is 29.4 Å². The van der Waals surface area contributed by atoms with Gasteiger partial charge in [-0.15, -0.1) is 0 Å². The van der Waals surface area contributed by atoms with Crippen molar-refractivity contribution < 1.29 is 4.74 Å². The first-order chi connectivity index (χ1) is 10.3. The molecule has 1 aliphatic carbocycles. The number of nitrogens with zero attached hydrogens (tertiary/aromatic N) is 2. The quantitative estimate of drug-likeness (QED) is 0.799. The highest BCUT2D eigenvalue weighted by molar-refractivity contribution is 6.32. The van der Waals surface area contributed by atoms with Crippen molar-refractivity contribution in [2.45, 2.75) is 25.3 Å². The Hall–Kier alpha value is -1.36. The van der Waals surface area contributed by atoms with Gasteiger partial charge in [0.2, 0.25) is 0 Å². The van der Waals surface area contributed by atoms with Gasteiger partial charge >= 0.3 is 0 Å². The second-order valence-electron chi connectivity index (χ2n) is 5.38. The minimum atomic E-state index is 0.650. The number of methoxy groups -OCH3 is 1. The van der Waals surface area contributed by atoms with Crippen molar-refractivity contribution in [1.82, 2.24) is 15.1 Å². The van der Waals surface area contributed by atoms with Crippen molar-refractivity contribution in [1.29, 1.82) is 0 Å². The number of halogens is 1. The monoisotopic (exact) mass is 305 g/mol. The molecule has 1 aromatic heterocycles. The molecule has 0 spiro atoms. The number of hydrogen-bond donors (Lipinski definition) is 1. The van der Waals surface area contributed by atoms with Gasteiger partial charge in [0.15, 0.2) is 0 Å². The first-order valence-electron chi connectivity index (χ1n) is 7.32. The molecule has 21 heavy (non-hydrogen) atoms. The summed E-state index contributed by atoms with van der Waals surface area (Å²) in [5.41, 5.74) is 3.29. The van der Waals surface area contributed by atoms with E-state index in [0.29, 0.717) is 12.5 Å². The molecule has 1 aromatic carbocycles. The zero-order chi connectivity index (χ0) is 14.7. The Morgan fingerprint density at radius 3 is 3.00 bits per heavy atom. The van der Waals surface area contributed by atoms with E-state index in [1.165, 1.54) is 18.5 Å².